The molecule has 0 unspecified atom stereocenters. The number of aryl methyl sites for hydroxylation is 1. The van der Waals surface area contributed by atoms with E-state index in [2.05, 4.69) is 19.1 Å². The predicted octanol–water partition coefficient (Wildman–Crippen LogP) is 4.73. The zero-order valence-electron chi connectivity index (χ0n) is 9.15. The first-order chi connectivity index (χ1) is 7.75. The number of hydrogen-bond acceptors (Lipinski definition) is 0. The van der Waals surface area contributed by atoms with Gasteiger partial charge < -0.3 is 0 Å². The van der Waals surface area contributed by atoms with Crippen LogP contribution in [0.1, 0.15) is 16.7 Å². The highest BCUT2D eigenvalue weighted by Crippen LogP contribution is 2.22. The minimum absolute atomic E-state index is 0.770. The summed E-state index contributed by atoms with van der Waals surface area (Å²) in [6.45, 7) is 2.07. The highest BCUT2D eigenvalue weighted by atomic mass is 35.5. The molecule has 0 aromatic heterocycles. The molecule has 0 nitrogen and oxygen atoms in total. The molecule has 16 heavy (non-hydrogen) atoms. The van der Waals surface area contributed by atoms with E-state index in [9.17, 15) is 0 Å². The van der Waals surface area contributed by atoms with Gasteiger partial charge in [-0.3, -0.25) is 0 Å². The maximum Gasteiger partial charge on any atom is 0.0484 e. The lowest BCUT2D eigenvalue weighted by Crippen LogP contribution is -1.78. The SMILES string of the molecule is Cc1ccc(/C(Cl)=C/c2ccccc2)cc1. The Morgan fingerprint density at radius 1 is 0.938 bits per heavy atom. The zero-order chi connectivity index (χ0) is 11.4. The van der Waals surface area contributed by atoms with Crippen LogP contribution in [0, 0.1) is 6.92 Å². The van der Waals surface area contributed by atoms with Crippen LogP contribution in [0.3, 0.4) is 0 Å². The molecular formula is C15H13Cl. The highest BCUT2D eigenvalue weighted by Gasteiger charge is 1.97. The fourth-order valence-corrected chi connectivity index (χ4v) is 1.74. The Kier molecular flexibility index (Phi) is 3.43. The molecule has 0 amide bonds. The van der Waals surface area contributed by atoms with Gasteiger partial charge in [0.05, 0.1) is 0 Å². The fourth-order valence-electron chi connectivity index (χ4n) is 1.49. The van der Waals surface area contributed by atoms with E-state index < -0.39 is 0 Å². The van der Waals surface area contributed by atoms with E-state index in [1.54, 1.807) is 0 Å². The van der Waals surface area contributed by atoms with Gasteiger partial charge >= 0.3 is 0 Å². The lowest BCUT2D eigenvalue weighted by molar-refractivity contribution is 1.46. The fraction of sp³-hybridized carbons (Fsp3) is 0.0667. The van der Waals surface area contributed by atoms with Crippen molar-refractivity contribution in [3.05, 3.63) is 71.3 Å². The first kappa shape index (κ1) is 11.0. The summed E-state index contributed by atoms with van der Waals surface area (Å²) >= 11 is 6.25. The van der Waals surface area contributed by atoms with Crippen molar-refractivity contribution in [3.8, 4) is 0 Å². The van der Waals surface area contributed by atoms with Crippen molar-refractivity contribution in [2.24, 2.45) is 0 Å². The summed E-state index contributed by atoms with van der Waals surface area (Å²) in [5, 5.41) is 0.770. The minimum Gasteiger partial charge on any atom is -0.0837 e. The average molecular weight is 229 g/mol. The molecule has 2 aromatic carbocycles. The average Bonchev–Trinajstić information content (AvgIpc) is 2.31. The van der Waals surface area contributed by atoms with Crippen molar-refractivity contribution < 1.29 is 0 Å². The van der Waals surface area contributed by atoms with E-state index in [0.717, 1.165) is 16.2 Å². The second-order valence-electron chi connectivity index (χ2n) is 3.77. The molecule has 0 N–H and O–H groups in total. The van der Waals surface area contributed by atoms with Gasteiger partial charge in [-0.2, -0.15) is 0 Å². The smallest absolute Gasteiger partial charge is 0.0484 e. The molecule has 2 aromatic rings. The molecular weight excluding hydrogens is 216 g/mol. The zero-order valence-corrected chi connectivity index (χ0v) is 9.91. The van der Waals surface area contributed by atoms with E-state index in [-0.39, 0.29) is 0 Å². The quantitative estimate of drug-likeness (QED) is 0.652. The van der Waals surface area contributed by atoms with Gasteiger partial charge in [-0.05, 0) is 24.1 Å². The predicted molar refractivity (Wildman–Crippen MR) is 71.3 cm³/mol. The van der Waals surface area contributed by atoms with E-state index in [4.69, 9.17) is 11.6 Å². The van der Waals surface area contributed by atoms with Crippen molar-refractivity contribution in [2.45, 2.75) is 6.92 Å². The number of rotatable bonds is 2. The van der Waals surface area contributed by atoms with E-state index in [0.29, 0.717) is 0 Å². The lowest BCUT2D eigenvalue weighted by Gasteiger charge is -2.00. The summed E-state index contributed by atoms with van der Waals surface area (Å²) in [4.78, 5) is 0. The highest BCUT2D eigenvalue weighted by molar-refractivity contribution is 6.51. The molecule has 0 fully saturated rings. The topological polar surface area (TPSA) is 0 Å². The monoisotopic (exact) mass is 228 g/mol. The first-order valence-electron chi connectivity index (χ1n) is 5.25. The third-order valence-corrected chi connectivity index (χ3v) is 2.75. The molecule has 0 aliphatic heterocycles. The molecule has 0 bridgehead atoms. The number of hydrogen-bond donors (Lipinski definition) is 0. The largest absolute Gasteiger partial charge is 0.0837 e. The van der Waals surface area contributed by atoms with Gasteiger partial charge in [-0.25, -0.2) is 0 Å². The van der Waals surface area contributed by atoms with Crippen LogP contribution in [0.25, 0.3) is 11.1 Å². The third-order valence-electron chi connectivity index (χ3n) is 2.42. The van der Waals surface area contributed by atoms with Crippen LogP contribution in [0.15, 0.2) is 54.6 Å². The van der Waals surface area contributed by atoms with Gasteiger partial charge in [0.2, 0.25) is 0 Å². The van der Waals surface area contributed by atoms with Crippen LogP contribution in [0.4, 0.5) is 0 Å². The summed E-state index contributed by atoms with van der Waals surface area (Å²) in [5.74, 6) is 0. The Labute approximate surface area is 101 Å². The van der Waals surface area contributed by atoms with Crippen molar-refractivity contribution >= 4 is 22.7 Å². The Balaban J connectivity index is 2.28. The first-order valence-corrected chi connectivity index (χ1v) is 5.63. The molecule has 2 rings (SSSR count). The van der Waals surface area contributed by atoms with Crippen molar-refractivity contribution in [3.63, 3.8) is 0 Å². The van der Waals surface area contributed by atoms with Crippen molar-refractivity contribution in [2.75, 3.05) is 0 Å². The summed E-state index contributed by atoms with van der Waals surface area (Å²) in [7, 11) is 0. The molecule has 0 heterocycles. The number of benzene rings is 2. The third kappa shape index (κ3) is 2.74. The van der Waals surface area contributed by atoms with Gasteiger partial charge in [0.1, 0.15) is 0 Å². The Bertz CT molecular complexity index is 481. The molecule has 0 spiro atoms. The van der Waals surface area contributed by atoms with Crippen LogP contribution in [0.2, 0.25) is 0 Å². The summed E-state index contributed by atoms with van der Waals surface area (Å²) in [5.41, 5.74) is 3.41. The van der Waals surface area contributed by atoms with E-state index >= 15 is 0 Å². The standard InChI is InChI=1S/C15H13Cl/c1-12-7-9-14(10-8-12)15(16)11-13-5-3-2-4-6-13/h2-11H,1H3/b15-11-. The molecule has 80 valence electrons. The molecule has 1 heteroatoms. The minimum atomic E-state index is 0.770. The van der Waals surface area contributed by atoms with Gasteiger partial charge in [0, 0.05) is 5.03 Å². The van der Waals surface area contributed by atoms with Crippen LogP contribution in [0.5, 0.6) is 0 Å². The van der Waals surface area contributed by atoms with Crippen molar-refractivity contribution in [1.82, 2.24) is 0 Å². The normalized spacial score (nSPS) is 11.5. The Morgan fingerprint density at radius 3 is 2.19 bits per heavy atom. The van der Waals surface area contributed by atoms with Crippen LogP contribution in [-0.4, -0.2) is 0 Å². The van der Waals surface area contributed by atoms with Gasteiger partial charge in [0.15, 0.2) is 0 Å². The Hall–Kier alpha value is -1.53. The second kappa shape index (κ2) is 5.00. The second-order valence-corrected chi connectivity index (χ2v) is 4.18. The molecule has 0 saturated carbocycles. The van der Waals surface area contributed by atoms with E-state index in [1.807, 2.05) is 48.5 Å². The molecule has 0 saturated heterocycles. The molecule has 0 aliphatic rings. The van der Waals surface area contributed by atoms with Crippen LogP contribution in [-0.2, 0) is 0 Å². The number of halogens is 1. The van der Waals surface area contributed by atoms with Crippen molar-refractivity contribution in [1.29, 1.82) is 0 Å². The van der Waals surface area contributed by atoms with Gasteiger partial charge in [-0.1, -0.05) is 71.8 Å². The van der Waals surface area contributed by atoms with Gasteiger partial charge in [-0.15, -0.1) is 0 Å². The molecule has 0 aliphatic carbocycles. The van der Waals surface area contributed by atoms with E-state index in [1.165, 1.54) is 5.56 Å². The lowest BCUT2D eigenvalue weighted by atomic mass is 10.1. The maximum atomic E-state index is 6.25. The summed E-state index contributed by atoms with van der Waals surface area (Å²) in [6.07, 6.45) is 1.98. The summed E-state index contributed by atoms with van der Waals surface area (Å²) < 4.78 is 0. The molecule has 0 radical (unpaired) electrons. The summed E-state index contributed by atoms with van der Waals surface area (Å²) in [6, 6.07) is 18.3. The van der Waals surface area contributed by atoms with Gasteiger partial charge in [0.25, 0.3) is 0 Å². The maximum absolute atomic E-state index is 6.25. The van der Waals surface area contributed by atoms with Crippen LogP contribution >= 0.6 is 11.6 Å². The van der Waals surface area contributed by atoms with Crippen LogP contribution < -0.4 is 0 Å². The Morgan fingerprint density at radius 2 is 1.56 bits per heavy atom. The molecule has 0 atom stereocenters.